The molecule has 3 N–H and O–H groups in total. The van der Waals surface area contributed by atoms with Gasteiger partial charge in [0.25, 0.3) is 5.91 Å². The standard InChI is InChI=1S/C33H31FN4O2/c1-38(2)21-23-11-14-27(15-12-23)36-32(31-28-16-13-26(34)19-29(28)37-33(31)40)25-10-6-9-24(17-25)20-35-30(39)18-22-7-4-3-5-8-22/h3-17,19,36H,18,20-21H2,1-2H3,(H,35,39)(H,37,40)/b32-31-. The Kier molecular flexibility index (Phi) is 8.03. The van der Waals surface area contributed by atoms with Crippen molar-refractivity contribution in [3.8, 4) is 0 Å². The molecule has 4 aromatic rings. The Hall–Kier alpha value is -4.75. The van der Waals surface area contributed by atoms with Crippen LogP contribution in [-0.2, 0) is 29.1 Å². The highest BCUT2D eigenvalue weighted by atomic mass is 19.1. The lowest BCUT2D eigenvalue weighted by atomic mass is 9.98. The van der Waals surface area contributed by atoms with Gasteiger partial charge in [-0.3, -0.25) is 9.59 Å². The van der Waals surface area contributed by atoms with Gasteiger partial charge in [0.05, 0.1) is 23.4 Å². The fourth-order valence-corrected chi connectivity index (χ4v) is 4.76. The van der Waals surface area contributed by atoms with Crippen LogP contribution in [0.3, 0.4) is 0 Å². The van der Waals surface area contributed by atoms with Crippen LogP contribution in [-0.4, -0.2) is 30.8 Å². The van der Waals surface area contributed by atoms with Crippen LogP contribution in [0.5, 0.6) is 0 Å². The van der Waals surface area contributed by atoms with E-state index in [9.17, 15) is 14.0 Å². The van der Waals surface area contributed by atoms with Gasteiger partial charge in [-0.05, 0) is 72.7 Å². The van der Waals surface area contributed by atoms with Crippen molar-refractivity contribution in [2.24, 2.45) is 0 Å². The number of benzene rings is 4. The van der Waals surface area contributed by atoms with E-state index in [1.807, 2.05) is 93.0 Å². The van der Waals surface area contributed by atoms with Gasteiger partial charge in [-0.15, -0.1) is 0 Å². The zero-order chi connectivity index (χ0) is 28.1. The average molecular weight is 535 g/mol. The van der Waals surface area contributed by atoms with Gasteiger partial charge in [-0.1, -0.05) is 60.7 Å². The average Bonchev–Trinajstić information content (AvgIpc) is 3.26. The first-order valence-corrected chi connectivity index (χ1v) is 13.1. The Balaban J connectivity index is 1.45. The van der Waals surface area contributed by atoms with E-state index < -0.39 is 5.82 Å². The van der Waals surface area contributed by atoms with Crippen molar-refractivity contribution in [2.45, 2.75) is 19.5 Å². The smallest absolute Gasteiger partial charge is 0.258 e. The summed E-state index contributed by atoms with van der Waals surface area (Å²) in [5.41, 5.74) is 6.67. The number of fused-ring (bicyclic) bond motifs is 1. The van der Waals surface area contributed by atoms with Crippen molar-refractivity contribution < 1.29 is 14.0 Å². The molecule has 0 unspecified atom stereocenters. The first kappa shape index (κ1) is 26.8. The summed E-state index contributed by atoms with van der Waals surface area (Å²) >= 11 is 0. The van der Waals surface area contributed by atoms with Crippen molar-refractivity contribution in [3.63, 3.8) is 0 Å². The summed E-state index contributed by atoms with van der Waals surface area (Å²) in [6.45, 7) is 1.16. The number of carbonyl (C=O) groups excluding carboxylic acids is 2. The van der Waals surface area contributed by atoms with Gasteiger partial charge in [-0.2, -0.15) is 0 Å². The minimum Gasteiger partial charge on any atom is -0.354 e. The van der Waals surface area contributed by atoms with Crippen LogP contribution in [0, 0.1) is 5.82 Å². The third kappa shape index (κ3) is 6.45. The Labute approximate surface area is 233 Å². The topological polar surface area (TPSA) is 73.5 Å². The van der Waals surface area contributed by atoms with Gasteiger partial charge in [-0.25, -0.2) is 4.39 Å². The zero-order valence-electron chi connectivity index (χ0n) is 22.5. The number of rotatable bonds is 9. The summed E-state index contributed by atoms with van der Waals surface area (Å²) in [6, 6.07) is 29.6. The summed E-state index contributed by atoms with van der Waals surface area (Å²) in [4.78, 5) is 27.8. The lowest BCUT2D eigenvalue weighted by Crippen LogP contribution is -2.24. The lowest BCUT2D eigenvalue weighted by Gasteiger charge is -2.17. The van der Waals surface area contributed by atoms with Crippen LogP contribution < -0.4 is 16.0 Å². The zero-order valence-corrected chi connectivity index (χ0v) is 22.5. The summed E-state index contributed by atoms with van der Waals surface area (Å²) in [5, 5.41) is 9.23. The molecule has 202 valence electrons. The molecule has 7 heteroatoms. The highest BCUT2D eigenvalue weighted by Crippen LogP contribution is 2.38. The fourth-order valence-electron chi connectivity index (χ4n) is 4.76. The summed E-state index contributed by atoms with van der Waals surface area (Å²) in [5.74, 6) is -0.800. The second-order valence-electron chi connectivity index (χ2n) is 10.1. The lowest BCUT2D eigenvalue weighted by molar-refractivity contribution is -0.120. The number of carbonyl (C=O) groups is 2. The summed E-state index contributed by atoms with van der Waals surface area (Å²) < 4.78 is 13.9. The molecular weight excluding hydrogens is 503 g/mol. The Morgan fingerprint density at radius 1 is 0.850 bits per heavy atom. The van der Waals surface area contributed by atoms with Gasteiger partial charge < -0.3 is 20.9 Å². The molecule has 0 saturated heterocycles. The third-order valence-corrected chi connectivity index (χ3v) is 6.61. The van der Waals surface area contributed by atoms with Crippen LogP contribution in [0.2, 0.25) is 0 Å². The molecule has 0 aliphatic carbocycles. The highest BCUT2D eigenvalue weighted by molar-refractivity contribution is 6.37. The van der Waals surface area contributed by atoms with Gasteiger partial charge in [0, 0.05) is 24.3 Å². The maximum absolute atomic E-state index is 13.9. The van der Waals surface area contributed by atoms with E-state index in [1.54, 1.807) is 6.07 Å². The number of nitrogens with one attached hydrogen (secondary N) is 3. The van der Waals surface area contributed by atoms with Crippen molar-refractivity contribution >= 4 is 34.5 Å². The van der Waals surface area contributed by atoms with Crippen molar-refractivity contribution in [3.05, 3.63) is 131 Å². The molecule has 0 bridgehead atoms. The third-order valence-electron chi connectivity index (χ3n) is 6.61. The molecule has 1 aliphatic rings. The van der Waals surface area contributed by atoms with Gasteiger partial charge in [0.1, 0.15) is 5.82 Å². The largest absolute Gasteiger partial charge is 0.354 e. The first-order valence-electron chi connectivity index (χ1n) is 13.1. The minimum absolute atomic E-state index is 0.0720. The van der Waals surface area contributed by atoms with E-state index >= 15 is 0 Å². The minimum atomic E-state index is -0.417. The van der Waals surface area contributed by atoms with E-state index in [-0.39, 0.29) is 11.8 Å². The van der Waals surface area contributed by atoms with Gasteiger partial charge >= 0.3 is 0 Å². The predicted octanol–water partition coefficient (Wildman–Crippen LogP) is 5.68. The van der Waals surface area contributed by atoms with Crippen molar-refractivity contribution in [2.75, 3.05) is 24.7 Å². The number of anilines is 2. The van der Waals surface area contributed by atoms with Crippen molar-refractivity contribution in [1.29, 1.82) is 0 Å². The number of hydrogen-bond acceptors (Lipinski definition) is 4. The second kappa shape index (κ2) is 12.0. The molecule has 0 atom stereocenters. The number of nitrogens with zero attached hydrogens (tertiary/aromatic N) is 1. The SMILES string of the molecule is CN(C)Cc1ccc(N/C(=C2\C(=O)Nc3cc(F)ccc32)c2cccc(CNC(=O)Cc3ccccc3)c2)cc1. The molecule has 0 aromatic heterocycles. The molecule has 1 heterocycles. The number of hydrogen-bond donors (Lipinski definition) is 3. The molecule has 6 nitrogen and oxygen atoms in total. The van der Waals surface area contributed by atoms with E-state index in [1.165, 1.54) is 12.1 Å². The van der Waals surface area contributed by atoms with E-state index in [4.69, 9.17) is 0 Å². The molecule has 0 saturated carbocycles. The maximum Gasteiger partial charge on any atom is 0.258 e. The molecule has 5 rings (SSSR count). The molecule has 0 fully saturated rings. The Morgan fingerprint density at radius 3 is 2.35 bits per heavy atom. The second-order valence-corrected chi connectivity index (χ2v) is 10.1. The molecule has 40 heavy (non-hydrogen) atoms. The first-order chi connectivity index (χ1) is 19.4. The summed E-state index contributed by atoms with van der Waals surface area (Å²) in [6.07, 6.45) is 0.300. The molecular formula is C33H31FN4O2. The van der Waals surface area contributed by atoms with Crippen LogP contribution in [0.4, 0.5) is 15.8 Å². The summed E-state index contributed by atoms with van der Waals surface area (Å²) in [7, 11) is 4.04. The van der Waals surface area contributed by atoms with Crippen LogP contribution >= 0.6 is 0 Å². The van der Waals surface area contributed by atoms with E-state index in [0.717, 1.165) is 34.5 Å². The normalized spacial score (nSPS) is 13.6. The van der Waals surface area contributed by atoms with E-state index in [0.29, 0.717) is 35.5 Å². The number of amides is 2. The fraction of sp³-hybridized carbons (Fsp3) is 0.152. The molecule has 0 radical (unpaired) electrons. The molecule has 2 amide bonds. The van der Waals surface area contributed by atoms with Crippen LogP contribution in [0.25, 0.3) is 11.3 Å². The Morgan fingerprint density at radius 2 is 1.60 bits per heavy atom. The maximum atomic E-state index is 13.9. The molecule has 1 aliphatic heterocycles. The van der Waals surface area contributed by atoms with E-state index in [2.05, 4.69) is 20.9 Å². The van der Waals surface area contributed by atoms with Crippen LogP contribution in [0.15, 0.2) is 97.1 Å². The van der Waals surface area contributed by atoms with Gasteiger partial charge in [0.15, 0.2) is 0 Å². The predicted molar refractivity (Wildman–Crippen MR) is 158 cm³/mol. The van der Waals surface area contributed by atoms with Crippen molar-refractivity contribution in [1.82, 2.24) is 10.2 Å². The molecule has 0 spiro atoms. The number of halogens is 1. The monoisotopic (exact) mass is 534 g/mol. The molecule has 4 aromatic carbocycles. The Bertz CT molecular complexity index is 1560. The van der Waals surface area contributed by atoms with Gasteiger partial charge in [0.2, 0.25) is 5.91 Å². The highest BCUT2D eigenvalue weighted by Gasteiger charge is 2.29. The quantitative estimate of drug-likeness (QED) is 0.242. The van der Waals surface area contributed by atoms with Crippen LogP contribution in [0.1, 0.15) is 27.8 Å².